The van der Waals surface area contributed by atoms with E-state index in [1.54, 1.807) is 30.4 Å². The SMILES string of the molecule is C=CCOc1cc(OCC=C)c(C=CC)c(C(=O)O)c1. The third-order valence-electron chi connectivity index (χ3n) is 2.40. The van der Waals surface area contributed by atoms with Gasteiger partial charge in [0.15, 0.2) is 0 Å². The fourth-order valence-corrected chi connectivity index (χ4v) is 1.62. The van der Waals surface area contributed by atoms with Crippen LogP contribution in [0.5, 0.6) is 11.5 Å². The van der Waals surface area contributed by atoms with Crippen molar-refractivity contribution in [3.8, 4) is 11.5 Å². The Balaban J connectivity index is 3.32. The first-order valence-electron chi connectivity index (χ1n) is 6.15. The summed E-state index contributed by atoms with van der Waals surface area (Å²) in [6.45, 7) is 9.52. The van der Waals surface area contributed by atoms with Crippen molar-refractivity contribution in [2.45, 2.75) is 6.92 Å². The molecule has 0 saturated carbocycles. The van der Waals surface area contributed by atoms with Crippen molar-refractivity contribution in [3.63, 3.8) is 0 Å². The molecule has 1 aromatic carbocycles. The topological polar surface area (TPSA) is 55.8 Å². The van der Waals surface area contributed by atoms with Crippen LogP contribution in [0.25, 0.3) is 6.08 Å². The molecule has 0 saturated heterocycles. The molecule has 0 unspecified atom stereocenters. The summed E-state index contributed by atoms with van der Waals surface area (Å²) in [6, 6.07) is 3.14. The van der Waals surface area contributed by atoms with Crippen molar-refractivity contribution in [3.05, 3.63) is 54.6 Å². The van der Waals surface area contributed by atoms with Gasteiger partial charge in [0.1, 0.15) is 24.7 Å². The number of hydrogen-bond donors (Lipinski definition) is 1. The van der Waals surface area contributed by atoms with E-state index in [-0.39, 0.29) is 12.2 Å². The number of aromatic carboxylic acids is 1. The minimum Gasteiger partial charge on any atom is -0.489 e. The average Bonchev–Trinajstić information content (AvgIpc) is 2.44. The molecule has 0 radical (unpaired) electrons. The van der Waals surface area contributed by atoms with Crippen LogP contribution in [0.1, 0.15) is 22.8 Å². The zero-order valence-corrected chi connectivity index (χ0v) is 11.5. The highest BCUT2D eigenvalue weighted by atomic mass is 16.5. The van der Waals surface area contributed by atoms with Gasteiger partial charge in [-0.15, -0.1) is 0 Å². The van der Waals surface area contributed by atoms with Gasteiger partial charge in [-0.3, -0.25) is 0 Å². The summed E-state index contributed by atoms with van der Waals surface area (Å²) in [6.07, 6.45) is 6.63. The van der Waals surface area contributed by atoms with Crippen molar-refractivity contribution < 1.29 is 19.4 Å². The van der Waals surface area contributed by atoms with Gasteiger partial charge in [-0.1, -0.05) is 37.5 Å². The van der Waals surface area contributed by atoms with E-state index < -0.39 is 5.97 Å². The molecule has 0 atom stereocenters. The molecule has 0 aromatic heterocycles. The van der Waals surface area contributed by atoms with Crippen LogP contribution in [-0.4, -0.2) is 24.3 Å². The van der Waals surface area contributed by atoms with Crippen LogP contribution in [0.15, 0.2) is 43.5 Å². The molecule has 0 heterocycles. The van der Waals surface area contributed by atoms with E-state index in [1.807, 2.05) is 6.92 Å². The molecule has 0 bridgehead atoms. The first-order valence-corrected chi connectivity index (χ1v) is 6.15. The molecule has 1 aromatic rings. The van der Waals surface area contributed by atoms with E-state index in [2.05, 4.69) is 13.2 Å². The third-order valence-corrected chi connectivity index (χ3v) is 2.40. The van der Waals surface area contributed by atoms with Crippen LogP contribution >= 0.6 is 0 Å². The van der Waals surface area contributed by atoms with Crippen molar-refractivity contribution in [2.24, 2.45) is 0 Å². The largest absolute Gasteiger partial charge is 0.489 e. The third kappa shape index (κ3) is 4.02. The zero-order chi connectivity index (χ0) is 15.0. The summed E-state index contributed by atoms with van der Waals surface area (Å²) in [5.74, 6) is -0.165. The molecule has 1 N–H and O–H groups in total. The lowest BCUT2D eigenvalue weighted by atomic mass is 10.0. The van der Waals surface area contributed by atoms with Crippen LogP contribution in [-0.2, 0) is 0 Å². The molecule has 0 spiro atoms. The standard InChI is InChI=1S/C16H18O4/c1-4-7-13-14(16(17)18)10-12(19-8-5-2)11-15(13)20-9-6-3/h4-7,10-11H,2-3,8-9H2,1H3,(H,17,18). The Morgan fingerprint density at radius 2 is 1.90 bits per heavy atom. The van der Waals surface area contributed by atoms with E-state index in [4.69, 9.17) is 9.47 Å². The quantitative estimate of drug-likeness (QED) is 0.736. The highest BCUT2D eigenvalue weighted by molar-refractivity contribution is 5.94. The molecule has 0 aliphatic rings. The van der Waals surface area contributed by atoms with Crippen molar-refractivity contribution in [1.29, 1.82) is 0 Å². The second-order valence-corrected chi connectivity index (χ2v) is 3.89. The number of allylic oxidation sites excluding steroid dienone is 1. The zero-order valence-electron chi connectivity index (χ0n) is 11.5. The molecule has 106 valence electrons. The lowest BCUT2D eigenvalue weighted by Gasteiger charge is -2.13. The maximum absolute atomic E-state index is 11.4. The first-order chi connectivity index (χ1) is 9.63. The second kappa shape index (κ2) is 7.84. The van der Waals surface area contributed by atoms with Crippen molar-refractivity contribution >= 4 is 12.0 Å². The molecule has 4 heteroatoms. The molecule has 0 fully saturated rings. The molecule has 0 aliphatic carbocycles. The van der Waals surface area contributed by atoms with Gasteiger partial charge in [-0.25, -0.2) is 4.79 Å². The minimum absolute atomic E-state index is 0.128. The Labute approximate surface area is 118 Å². The Bertz CT molecular complexity index is 530. The van der Waals surface area contributed by atoms with Crippen molar-refractivity contribution in [1.82, 2.24) is 0 Å². The average molecular weight is 274 g/mol. The number of carboxylic acid groups (broad SMARTS) is 1. The van der Waals surface area contributed by atoms with Crippen molar-refractivity contribution in [2.75, 3.05) is 13.2 Å². The lowest BCUT2D eigenvalue weighted by Crippen LogP contribution is -2.05. The molecular weight excluding hydrogens is 256 g/mol. The van der Waals surface area contributed by atoms with Gasteiger partial charge in [-0.2, -0.15) is 0 Å². The van der Waals surface area contributed by atoms with Crippen LogP contribution in [0.4, 0.5) is 0 Å². The fourth-order valence-electron chi connectivity index (χ4n) is 1.62. The lowest BCUT2D eigenvalue weighted by molar-refractivity contribution is 0.0695. The smallest absolute Gasteiger partial charge is 0.336 e. The Morgan fingerprint density at radius 1 is 1.25 bits per heavy atom. The van der Waals surface area contributed by atoms with E-state index in [9.17, 15) is 9.90 Å². The summed E-state index contributed by atoms with van der Waals surface area (Å²) in [5.41, 5.74) is 0.636. The van der Waals surface area contributed by atoms with Gasteiger partial charge in [0.2, 0.25) is 0 Å². The number of rotatable bonds is 8. The normalized spacial score (nSPS) is 10.2. The Hall–Kier alpha value is -2.49. The summed E-state index contributed by atoms with van der Waals surface area (Å²) in [7, 11) is 0. The van der Waals surface area contributed by atoms with Crippen LogP contribution in [0, 0.1) is 0 Å². The maximum atomic E-state index is 11.4. The van der Waals surface area contributed by atoms with E-state index in [0.29, 0.717) is 23.7 Å². The predicted octanol–water partition coefficient (Wildman–Crippen LogP) is 3.55. The summed E-state index contributed by atoms with van der Waals surface area (Å²) < 4.78 is 10.9. The maximum Gasteiger partial charge on any atom is 0.336 e. The summed E-state index contributed by atoms with van der Waals surface area (Å²) in [5, 5.41) is 9.31. The number of hydrogen-bond acceptors (Lipinski definition) is 3. The van der Waals surface area contributed by atoms with Gasteiger partial charge in [0.25, 0.3) is 0 Å². The predicted molar refractivity (Wildman–Crippen MR) is 79.5 cm³/mol. The molecule has 4 nitrogen and oxygen atoms in total. The molecule has 1 rings (SSSR count). The number of ether oxygens (including phenoxy) is 2. The number of carboxylic acids is 1. The van der Waals surface area contributed by atoms with Gasteiger partial charge in [0.05, 0.1) is 5.56 Å². The van der Waals surface area contributed by atoms with Gasteiger partial charge >= 0.3 is 5.97 Å². The summed E-state index contributed by atoms with van der Waals surface area (Å²) >= 11 is 0. The van der Waals surface area contributed by atoms with Crippen LogP contribution < -0.4 is 9.47 Å². The molecular formula is C16H18O4. The van der Waals surface area contributed by atoms with Crippen LogP contribution in [0.3, 0.4) is 0 Å². The summed E-state index contributed by atoms with van der Waals surface area (Å²) in [4.78, 5) is 11.4. The minimum atomic E-state index is -1.04. The molecule has 0 aliphatic heterocycles. The van der Waals surface area contributed by atoms with Gasteiger partial charge < -0.3 is 14.6 Å². The first kappa shape index (κ1) is 15.6. The number of benzene rings is 1. The second-order valence-electron chi connectivity index (χ2n) is 3.89. The van der Waals surface area contributed by atoms with Gasteiger partial charge in [-0.05, 0) is 13.0 Å². The Kier molecular flexibility index (Phi) is 6.10. The highest BCUT2D eigenvalue weighted by Gasteiger charge is 2.16. The monoisotopic (exact) mass is 274 g/mol. The van der Waals surface area contributed by atoms with Gasteiger partial charge in [0, 0.05) is 11.6 Å². The van der Waals surface area contributed by atoms with E-state index >= 15 is 0 Å². The van der Waals surface area contributed by atoms with E-state index in [1.165, 1.54) is 6.07 Å². The highest BCUT2D eigenvalue weighted by Crippen LogP contribution is 2.30. The van der Waals surface area contributed by atoms with Crippen LogP contribution in [0.2, 0.25) is 0 Å². The fraction of sp³-hybridized carbons (Fsp3) is 0.188. The Morgan fingerprint density at radius 3 is 2.45 bits per heavy atom. The molecule has 20 heavy (non-hydrogen) atoms. The molecule has 0 amide bonds. The van der Waals surface area contributed by atoms with E-state index in [0.717, 1.165) is 0 Å². The number of carbonyl (C=O) groups is 1.